The Kier molecular flexibility index (Phi) is 3.89. The van der Waals surface area contributed by atoms with Crippen molar-refractivity contribution in [2.45, 2.75) is 6.54 Å². The molecule has 0 unspecified atom stereocenters. The van der Waals surface area contributed by atoms with Crippen LogP contribution in [0.4, 0.5) is 0 Å². The highest BCUT2D eigenvalue weighted by molar-refractivity contribution is 5.25. The second-order valence-electron chi connectivity index (χ2n) is 2.63. The SMILES string of the molecule is N#Cc1cc(CNCCN)ccn1. The lowest BCUT2D eigenvalue weighted by Crippen LogP contribution is -2.21. The highest BCUT2D eigenvalue weighted by Gasteiger charge is 1.94. The molecule has 13 heavy (non-hydrogen) atoms. The molecule has 0 spiro atoms. The van der Waals surface area contributed by atoms with E-state index in [4.69, 9.17) is 11.0 Å². The maximum absolute atomic E-state index is 8.58. The van der Waals surface area contributed by atoms with E-state index in [1.807, 2.05) is 12.1 Å². The molecule has 0 atom stereocenters. The van der Waals surface area contributed by atoms with Crippen molar-refractivity contribution in [3.63, 3.8) is 0 Å². The molecule has 0 aliphatic carbocycles. The Balaban J connectivity index is 2.52. The number of nitrogens with one attached hydrogen (secondary N) is 1. The van der Waals surface area contributed by atoms with Crippen LogP contribution in [0.2, 0.25) is 0 Å². The molecule has 0 radical (unpaired) electrons. The molecule has 0 bridgehead atoms. The van der Waals surface area contributed by atoms with Crippen LogP contribution < -0.4 is 11.1 Å². The number of nitrogens with zero attached hydrogens (tertiary/aromatic N) is 2. The van der Waals surface area contributed by atoms with Crippen LogP contribution in [-0.2, 0) is 6.54 Å². The third-order valence-electron chi connectivity index (χ3n) is 1.59. The molecular formula is C9H12N4. The van der Waals surface area contributed by atoms with E-state index in [0.29, 0.717) is 12.2 Å². The van der Waals surface area contributed by atoms with Gasteiger partial charge in [0.25, 0.3) is 0 Å². The molecule has 4 heteroatoms. The predicted molar refractivity (Wildman–Crippen MR) is 49.7 cm³/mol. The van der Waals surface area contributed by atoms with Crippen molar-refractivity contribution in [2.24, 2.45) is 5.73 Å². The normalized spacial score (nSPS) is 9.54. The van der Waals surface area contributed by atoms with Gasteiger partial charge in [-0.25, -0.2) is 4.98 Å². The third kappa shape index (κ3) is 3.20. The zero-order valence-electron chi connectivity index (χ0n) is 7.33. The van der Waals surface area contributed by atoms with Crippen molar-refractivity contribution in [1.82, 2.24) is 10.3 Å². The van der Waals surface area contributed by atoms with Gasteiger partial charge < -0.3 is 11.1 Å². The fraction of sp³-hybridized carbons (Fsp3) is 0.333. The van der Waals surface area contributed by atoms with Crippen LogP contribution in [0.3, 0.4) is 0 Å². The summed E-state index contributed by atoms with van der Waals surface area (Å²) in [6.07, 6.45) is 1.64. The van der Waals surface area contributed by atoms with Crippen LogP contribution in [-0.4, -0.2) is 18.1 Å². The van der Waals surface area contributed by atoms with Crippen LogP contribution in [0.25, 0.3) is 0 Å². The molecular weight excluding hydrogens is 164 g/mol. The van der Waals surface area contributed by atoms with E-state index in [2.05, 4.69) is 10.3 Å². The van der Waals surface area contributed by atoms with Gasteiger partial charge in [0.15, 0.2) is 0 Å². The largest absolute Gasteiger partial charge is 0.329 e. The van der Waals surface area contributed by atoms with Crippen molar-refractivity contribution in [1.29, 1.82) is 5.26 Å². The van der Waals surface area contributed by atoms with Crippen molar-refractivity contribution in [3.05, 3.63) is 29.6 Å². The number of hydrogen-bond donors (Lipinski definition) is 2. The molecule has 1 heterocycles. The Bertz CT molecular complexity index is 303. The van der Waals surface area contributed by atoms with Crippen LogP contribution in [0.5, 0.6) is 0 Å². The summed E-state index contributed by atoms with van der Waals surface area (Å²) >= 11 is 0. The molecule has 1 rings (SSSR count). The van der Waals surface area contributed by atoms with E-state index in [1.54, 1.807) is 12.3 Å². The minimum Gasteiger partial charge on any atom is -0.329 e. The predicted octanol–water partition coefficient (Wildman–Crippen LogP) is 0.00158. The Morgan fingerprint density at radius 2 is 2.46 bits per heavy atom. The summed E-state index contributed by atoms with van der Waals surface area (Å²) in [6, 6.07) is 5.64. The van der Waals surface area contributed by atoms with Crippen LogP contribution in [0.15, 0.2) is 18.3 Å². The van der Waals surface area contributed by atoms with Crippen molar-refractivity contribution < 1.29 is 0 Å². The van der Waals surface area contributed by atoms with Gasteiger partial charge in [0, 0.05) is 25.8 Å². The first-order chi connectivity index (χ1) is 6.36. The van der Waals surface area contributed by atoms with E-state index in [1.165, 1.54) is 0 Å². The molecule has 0 fully saturated rings. The smallest absolute Gasteiger partial charge is 0.140 e. The highest BCUT2D eigenvalue weighted by atomic mass is 14.9. The third-order valence-corrected chi connectivity index (χ3v) is 1.59. The van der Waals surface area contributed by atoms with Crippen LogP contribution >= 0.6 is 0 Å². The molecule has 3 N–H and O–H groups in total. The second-order valence-corrected chi connectivity index (χ2v) is 2.63. The quantitative estimate of drug-likeness (QED) is 0.633. The summed E-state index contributed by atoms with van der Waals surface area (Å²) in [4.78, 5) is 3.87. The zero-order valence-corrected chi connectivity index (χ0v) is 7.33. The first-order valence-corrected chi connectivity index (χ1v) is 4.12. The average Bonchev–Trinajstić information content (AvgIpc) is 2.19. The average molecular weight is 176 g/mol. The molecule has 0 amide bonds. The maximum Gasteiger partial charge on any atom is 0.140 e. The van der Waals surface area contributed by atoms with E-state index in [-0.39, 0.29) is 0 Å². The number of aromatic nitrogens is 1. The Morgan fingerprint density at radius 3 is 3.15 bits per heavy atom. The van der Waals surface area contributed by atoms with Gasteiger partial charge in [-0.1, -0.05) is 0 Å². The standard InChI is InChI=1S/C9H12N4/c10-2-4-12-7-8-1-3-13-9(5-8)6-11/h1,3,5,12H,2,4,7,10H2. The summed E-state index contributed by atoms with van der Waals surface area (Å²) < 4.78 is 0. The Hall–Kier alpha value is -1.44. The number of pyridine rings is 1. The number of nitrogens with two attached hydrogens (primary N) is 1. The minimum atomic E-state index is 0.451. The summed E-state index contributed by atoms with van der Waals surface area (Å²) in [6.45, 7) is 2.13. The molecule has 0 saturated carbocycles. The molecule has 0 aliphatic heterocycles. The molecule has 0 aromatic carbocycles. The van der Waals surface area contributed by atoms with Gasteiger partial charge in [-0.2, -0.15) is 5.26 Å². The summed E-state index contributed by atoms with van der Waals surface area (Å²) in [5, 5.41) is 11.7. The molecule has 0 saturated heterocycles. The summed E-state index contributed by atoms with van der Waals surface area (Å²) in [5.74, 6) is 0. The van der Waals surface area contributed by atoms with Gasteiger partial charge in [0.05, 0.1) is 0 Å². The minimum absolute atomic E-state index is 0.451. The summed E-state index contributed by atoms with van der Waals surface area (Å²) in [7, 11) is 0. The first-order valence-electron chi connectivity index (χ1n) is 4.12. The second kappa shape index (κ2) is 5.25. The number of nitriles is 1. The fourth-order valence-corrected chi connectivity index (χ4v) is 0.980. The lowest BCUT2D eigenvalue weighted by Gasteiger charge is -2.02. The van der Waals surface area contributed by atoms with E-state index in [0.717, 1.165) is 18.7 Å². The van der Waals surface area contributed by atoms with E-state index >= 15 is 0 Å². The molecule has 1 aromatic heterocycles. The van der Waals surface area contributed by atoms with Gasteiger partial charge in [0.1, 0.15) is 11.8 Å². The molecule has 4 nitrogen and oxygen atoms in total. The van der Waals surface area contributed by atoms with Gasteiger partial charge in [-0.05, 0) is 17.7 Å². The fourth-order valence-electron chi connectivity index (χ4n) is 0.980. The van der Waals surface area contributed by atoms with Crippen molar-refractivity contribution in [3.8, 4) is 6.07 Å². The van der Waals surface area contributed by atoms with Crippen LogP contribution in [0.1, 0.15) is 11.3 Å². The van der Waals surface area contributed by atoms with Crippen LogP contribution in [0, 0.1) is 11.3 Å². The lowest BCUT2D eigenvalue weighted by atomic mass is 10.2. The van der Waals surface area contributed by atoms with Crippen molar-refractivity contribution >= 4 is 0 Å². The van der Waals surface area contributed by atoms with Gasteiger partial charge in [-0.15, -0.1) is 0 Å². The Labute approximate surface area is 77.4 Å². The number of hydrogen-bond acceptors (Lipinski definition) is 4. The topological polar surface area (TPSA) is 74.7 Å². The lowest BCUT2D eigenvalue weighted by molar-refractivity contribution is 0.694. The highest BCUT2D eigenvalue weighted by Crippen LogP contribution is 1.99. The Morgan fingerprint density at radius 1 is 1.62 bits per heavy atom. The zero-order chi connectivity index (χ0) is 9.52. The first kappa shape index (κ1) is 9.65. The number of rotatable bonds is 4. The van der Waals surface area contributed by atoms with Gasteiger partial charge in [0.2, 0.25) is 0 Å². The maximum atomic E-state index is 8.58. The molecule has 1 aromatic rings. The van der Waals surface area contributed by atoms with Gasteiger partial charge >= 0.3 is 0 Å². The summed E-state index contributed by atoms with van der Waals surface area (Å²) in [5.41, 5.74) is 6.83. The monoisotopic (exact) mass is 176 g/mol. The molecule has 0 aliphatic rings. The van der Waals surface area contributed by atoms with E-state index in [9.17, 15) is 0 Å². The van der Waals surface area contributed by atoms with E-state index < -0.39 is 0 Å². The van der Waals surface area contributed by atoms with Gasteiger partial charge in [-0.3, -0.25) is 0 Å². The van der Waals surface area contributed by atoms with Crippen molar-refractivity contribution in [2.75, 3.05) is 13.1 Å². The molecule has 68 valence electrons.